The average Bonchev–Trinajstić information content (AvgIpc) is 3.27. The van der Waals surface area contributed by atoms with Crippen LogP contribution in [0.2, 0.25) is 0 Å². The number of aliphatic imine (C=N–C) groups is 1. The van der Waals surface area contributed by atoms with Crippen molar-refractivity contribution in [2.45, 2.75) is 13.3 Å². The maximum atomic E-state index is 13.2. The van der Waals surface area contributed by atoms with Crippen LogP contribution in [0.1, 0.15) is 17.5 Å². The predicted octanol–water partition coefficient (Wildman–Crippen LogP) is 3.88. The molecular formula is C22H20N4O4S. The zero-order valence-electron chi connectivity index (χ0n) is 17.2. The molecule has 0 unspecified atom stereocenters. The molecule has 8 nitrogen and oxygen atoms in total. The maximum absolute atomic E-state index is 13.2. The van der Waals surface area contributed by atoms with Gasteiger partial charge in [0.2, 0.25) is 11.0 Å². The molecule has 0 aliphatic heterocycles. The molecule has 2 aromatic heterocycles. The standard InChI is InChI=1S/C22H20N4O4S/c1-4-19-24-25-22(31-19)23-12-16-14-7-5-6-8-15(14)20(27)26(21(16)28)13-9-10-17(29-2)18(11-13)30-3/h5-12,28H,4H2,1-3H3. The summed E-state index contributed by atoms with van der Waals surface area (Å²) in [5.74, 6) is 0.722. The molecule has 0 aliphatic carbocycles. The van der Waals surface area contributed by atoms with Crippen LogP contribution in [0, 0.1) is 0 Å². The lowest BCUT2D eigenvalue weighted by Gasteiger charge is -2.15. The van der Waals surface area contributed by atoms with Gasteiger partial charge in [-0.25, -0.2) is 9.56 Å². The first kappa shape index (κ1) is 20.5. The Hall–Kier alpha value is -3.72. The van der Waals surface area contributed by atoms with Crippen LogP contribution in [-0.2, 0) is 6.42 Å². The number of rotatable bonds is 6. The highest BCUT2D eigenvalue weighted by Gasteiger charge is 2.18. The molecule has 0 spiro atoms. The van der Waals surface area contributed by atoms with E-state index in [2.05, 4.69) is 15.2 Å². The minimum absolute atomic E-state index is 0.236. The molecule has 4 aromatic rings. The second-order valence-electron chi connectivity index (χ2n) is 6.55. The van der Waals surface area contributed by atoms with E-state index in [1.165, 1.54) is 36.3 Å². The number of pyridine rings is 1. The Kier molecular flexibility index (Phi) is 5.68. The second-order valence-corrected chi connectivity index (χ2v) is 7.59. The molecule has 9 heteroatoms. The third kappa shape index (κ3) is 3.75. The van der Waals surface area contributed by atoms with Crippen molar-refractivity contribution in [3.05, 3.63) is 63.4 Å². The molecular weight excluding hydrogens is 416 g/mol. The number of aromatic hydroxyl groups is 1. The highest BCUT2D eigenvalue weighted by molar-refractivity contribution is 7.14. The molecule has 0 radical (unpaired) electrons. The molecule has 2 aromatic carbocycles. The van der Waals surface area contributed by atoms with Gasteiger partial charge in [-0.1, -0.05) is 36.5 Å². The zero-order valence-corrected chi connectivity index (χ0v) is 18.0. The number of hydrogen-bond acceptors (Lipinski definition) is 8. The van der Waals surface area contributed by atoms with Crippen LogP contribution >= 0.6 is 11.3 Å². The number of methoxy groups -OCH3 is 2. The number of aromatic nitrogens is 3. The molecule has 2 heterocycles. The SMILES string of the molecule is CCc1nnc(N=Cc2c(O)n(-c3ccc(OC)c(OC)c3)c(=O)c3ccccc23)s1. The van der Waals surface area contributed by atoms with Gasteiger partial charge >= 0.3 is 0 Å². The summed E-state index contributed by atoms with van der Waals surface area (Å²) in [7, 11) is 3.04. The first-order chi connectivity index (χ1) is 15.1. The van der Waals surface area contributed by atoms with Gasteiger partial charge in [-0.2, -0.15) is 0 Å². The summed E-state index contributed by atoms with van der Waals surface area (Å²) in [6, 6.07) is 12.1. The number of aryl methyl sites for hydroxylation is 1. The maximum Gasteiger partial charge on any atom is 0.265 e. The van der Waals surface area contributed by atoms with E-state index in [0.29, 0.717) is 38.7 Å². The molecule has 0 saturated carbocycles. The Morgan fingerprint density at radius 3 is 2.52 bits per heavy atom. The van der Waals surface area contributed by atoms with Gasteiger partial charge in [0, 0.05) is 23.1 Å². The van der Waals surface area contributed by atoms with Crippen molar-refractivity contribution in [3.8, 4) is 23.1 Å². The van der Waals surface area contributed by atoms with E-state index in [-0.39, 0.29) is 11.4 Å². The normalized spacial score (nSPS) is 11.3. The number of nitrogens with zero attached hydrogens (tertiary/aromatic N) is 4. The van der Waals surface area contributed by atoms with Crippen LogP contribution in [0.15, 0.2) is 52.3 Å². The molecule has 31 heavy (non-hydrogen) atoms. The minimum Gasteiger partial charge on any atom is -0.494 e. The van der Waals surface area contributed by atoms with Gasteiger partial charge in [0.25, 0.3) is 5.56 Å². The Balaban J connectivity index is 1.94. The highest BCUT2D eigenvalue weighted by atomic mass is 32.1. The van der Waals surface area contributed by atoms with Gasteiger partial charge in [0.05, 0.1) is 25.5 Å². The van der Waals surface area contributed by atoms with Crippen molar-refractivity contribution in [3.63, 3.8) is 0 Å². The van der Waals surface area contributed by atoms with Crippen LogP contribution < -0.4 is 15.0 Å². The summed E-state index contributed by atoms with van der Waals surface area (Å²) in [5.41, 5.74) is 0.477. The molecule has 0 atom stereocenters. The lowest BCUT2D eigenvalue weighted by atomic mass is 10.1. The Morgan fingerprint density at radius 2 is 1.84 bits per heavy atom. The smallest absolute Gasteiger partial charge is 0.265 e. The average molecular weight is 436 g/mol. The van der Waals surface area contributed by atoms with E-state index in [0.717, 1.165) is 11.4 Å². The second kappa shape index (κ2) is 8.57. The lowest BCUT2D eigenvalue weighted by Crippen LogP contribution is -2.20. The van der Waals surface area contributed by atoms with Crippen molar-refractivity contribution in [1.82, 2.24) is 14.8 Å². The van der Waals surface area contributed by atoms with E-state index in [1.54, 1.807) is 42.5 Å². The summed E-state index contributed by atoms with van der Waals surface area (Å²) in [4.78, 5) is 17.6. The monoisotopic (exact) mass is 436 g/mol. The van der Waals surface area contributed by atoms with Crippen LogP contribution in [0.25, 0.3) is 16.5 Å². The molecule has 4 rings (SSSR count). The molecule has 0 amide bonds. The zero-order chi connectivity index (χ0) is 22.0. The summed E-state index contributed by atoms with van der Waals surface area (Å²) in [6.07, 6.45) is 2.28. The minimum atomic E-state index is -0.360. The fourth-order valence-corrected chi connectivity index (χ4v) is 3.88. The van der Waals surface area contributed by atoms with Crippen molar-refractivity contribution < 1.29 is 14.6 Å². The summed E-state index contributed by atoms with van der Waals surface area (Å²) < 4.78 is 11.8. The van der Waals surface area contributed by atoms with Gasteiger partial charge in [-0.15, -0.1) is 10.2 Å². The van der Waals surface area contributed by atoms with E-state index >= 15 is 0 Å². The molecule has 0 aliphatic rings. The van der Waals surface area contributed by atoms with Crippen LogP contribution in [0.3, 0.4) is 0 Å². The van der Waals surface area contributed by atoms with Crippen molar-refractivity contribution in [1.29, 1.82) is 0 Å². The van der Waals surface area contributed by atoms with Crippen LogP contribution in [-0.4, -0.2) is 40.3 Å². The fraction of sp³-hybridized carbons (Fsp3) is 0.182. The number of benzene rings is 2. The number of fused-ring (bicyclic) bond motifs is 1. The summed E-state index contributed by atoms with van der Waals surface area (Å²) in [6.45, 7) is 1.99. The van der Waals surface area contributed by atoms with Crippen LogP contribution in [0.4, 0.5) is 5.13 Å². The summed E-state index contributed by atoms with van der Waals surface area (Å²) >= 11 is 1.38. The first-order valence-corrected chi connectivity index (χ1v) is 10.3. The fourth-order valence-electron chi connectivity index (χ4n) is 3.25. The number of hydrogen-bond donors (Lipinski definition) is 1. The van der Waals surface area contributed by atoms with E-state index in [1.807, 2.05) is 6.92 Å². The first-order valence-electron chi connectivity index (χ1n) is 9.53. The molecule has 0 saturated heterocycles. The van der Waals surface area contributed by atoms with E-state index in [9.17, 15) is 9.90 Å². The van der Waals surface area contributed by atoms with Crippen LogP contribution in [0.5, 0.6) is 17.4 Å². The van der Waals surface area contributed by atoms with Gasteiger partial charge in [-0.3, -0.25) is 4.79 Å². The van der Waals surface area contributed by atoms with Gasteiger partial charge in [-0.05, 0) is 24.6 Å². The van der Waals surface area contributed by atoms with Crippen molar-refractivity contribution >= 4 is 33.5 Å². The predicted molar refractivity (Wildman–Crippen MR) is 121 cm³/mol. The summed E-state index contributed by atoms with van der Waals surface area (Å²) in [5, 5.41) is 21.6. The van der Waals surface area contributed by atoms with Crippen molar-refractivity contribution in [2.24, 2.45) is 4.99 Å². The largest absolute Gasteiger partial charge is 0.494 e. The van der Waals surface area contributed by atoms with Gasteiger partial charge < -0.3 is 14.6 Å². The third-order valence-corrected chi connectivity index (χ3v) is 5.77. The highest BCUT2D eigenvalue weighted by Crippen LogP contribution is 2.32. The molecule has 0 bridgehead atoms. The lowest BCUT2D eigenvalue weighted by molar-refractivity contribution is 0.354. The third-order valence-electron chi connectivity index (χ3n) is 4.79. The number of ether oxygens (including phenoxy) is 2. The quantitative estimate of drug-likeness (QED) is 0.461. The van der Waals surface area contributed by atoms with Gasteiger partial charge in [0.1, 0.15) is 5.01 Å². The van der Waals surface area contributed by atoms with Crippen molar-refractivity contribution in [2.75, 3.05) is 14.2 Å². The Labute approximate surface area is 182 Å². The Morgan fingerprint density at radius 1 is 1.10 bits per heavy atom. The molecule has 1 N–H and O–H groups in total. The van der Waals surface area contributed by atoms with E-state index in [4.69, 9.17) is 9.47 Å². The molecule has 158 valence electrons. The van der Waals surface area contributed by atoms with E-state index < -0.39 is 0 Å². The van der Waals surface area contributed by atoms with Gasteiger partial charge in [0.15, 0.2) is 11.5 Å². The Bertz CT molecular complexity index is 1340. The molecule has 0 fully saturated rings. The topological polar surface area (TPSA) is 98.8 Å².